The number of rotatable bonds is 6. The van der Waals surface area contributed by atoms with Crippen LogP contribution in [0.25, 0.3) is 22.6 Å². The molecule has 266 valence electrons. The van der Waals surface area contributed by atoms with E-state index in [1.165, 1.54) is 24.0 Å². The number of ether oxygens (including phenoxy) is 2. The summed E-state index contributed by atoms with van der Waals surface area (Å²) in [4.78, 5) is 65.0. The fourth-order valence-corrected chi connectivity index (χ4v) is 9.30. The van der Waals surface area contributed by atoms with Crippen molar-refractivity contribution in [2.75, 3.05) is 24.0 Å². The number of anilines is 2. The van der Waals surface area contributed by atoms with Crippen molar-refractivity contribution in [3.63, 3.8) is 0 Å². The van der Waals surface area contributed by atoms with Crippen molar-refractivity contribution in [3.8, 4) is 28.7 Å². The molecule has 11 heteroatoms. The lowest BCUT2D eigenvalue weighted by molar-refractivity contribution is -0.131. The molecule has 2 saturated heterocycles. The van der Waals surface area contributed by atoms with Crippen molar-refractivity contribution in [2.24, 2.45) is 29.1 Å². The molecule has 3 heterocycles. The number of phenolic OH excluding ortho intramolecular Hbond substituents is 1. The molecule has 4 aliphatic rings. The van der Waals surface area contributed by atoms with Gasteiger partial charge in [0, 0.05) is 11.5 Å². The third-order valence-electron chi connectivity index (χ3n) is 11.8. The van der Waals surface area contributed by atoms with Gasteiger partial charge >= 0.3 is 0 Å². The van der Waals surface area contributed by atoms with Gasteiger partial charge in [0.15, 0.2) is 17.1 Å². The van der Waals surface area contributed by atoms with Crippen LogP contribution in [0.15, 0.2) is 107 Å². The van der Waals surface area contributed by atoms with Crippen LogP contribution < -0.4 is 19.3 Å². The van der Waals surface area contributed by atoms with Gasteiger partial charge < -0.3 is 19.0 Å². The Morgan fingerprint density at radius 1 is 0.792 bits per heavy atom. The second-order valence-electron chi connectivity index (χ2n) is 14.3. The first-order valence-electron chi connectivity index (χ1n) is 17.6. The molecule has 6 atom stereocenters. The topological polar surface area (TPSA) is 139 Å². The number of amides is 4. The Kier molecular flexibility index (Phi) is 7.34. The average molecular weight is 710 g/mol. The highest BCUT2D eigenvalue weighted by Crippen LogP contribution is 2.64. The van der Waals surface area contributed by atoms with E-state index in [-0.39, 0.29) is 53.7 Å². The number of carbonyl (C=O) groups is 4. The quantitative estimate of drug-likeness (QED) is 0.152. The first-order valence-corrected chi connectivity index (χ1v) is 17.6. The van der Waals surface area contributed by atoms with E-state index in [4.69, 9.17) is 13.9 Å². The number of oxazole rings is 1. The highest BCUT2D eigenvalue weighted by Gasteiger charge is 2.67. The Morgan fingerprint density at radius 3 is 2.13 bits per heavy atom. The third-order valence-corrected chi connectivity index (χ3v) is 11.8. The van der Waals surface area contributed by atoms with Gasteiger partial charge in [-0.05, 0) is 91.9 Å². The number of benzene rings is 4. The van der Waals surface area contributed by atoms with Gasteiger partial charge in [-0.25, -0.2) is 9.88 Å². The number of fused-ring (bicyclic) bond motifs is 5. The van der Waals surface area contributed by atoms with E-state index in [1.54, 1.807) is 60.7 Å². The van der Waals surface area contributed by atoms with E-state index >= 15 is 0 Å². The maximum Gasteiger partial charge on any atom is 0.241 e. The molecule has 1 N–H and O–H groups in total. The molecule has 9 rings (SSSR count). The molecular weight excluding hydrogens is 674 g/mol. The summed E-state index contributed by atoms with van der Waals surface area (Å²) in [5.74, 6) is -4.24. The molecule has 5 aromatic rings. The van der Waals surface area contributed by atoms with Gasteiger partial charge in [-0.3, -0.25) is 24.1 Å². The van der Waals surface area contributed by atoms with Crippen LogP contribution >= 0.6 is 0 Å². The summed E-state index contributed by atoms with van der Waals surface area (Å²) in [5, 5.41) is 10.8. The van der Waals surface area contributed by atoms with Crippen molar-refractivity contribution in [2.45, 2.75) is 25.7 Å². The minimum atomic E-state index is -1.26. The maximum absolute atomic E-state index is 14.7. The number of methoxy groups -OCH3 is 2. The first kappa shape index (κ1) is 32.7. The van der Waals surface area contributed by atoms with Crippen molar-refractivity contribution in [3.05, 3.63) is 108 Å². The number of hydrogen-bond donors (Lipinski definition) is 1. The molecule has 0 spiro atoms. The number of nitrogens with zero attached hydrogens (tertiary/aromatic N) is 3. The SMILES string of the molecule is COc1cc(C2C3=CCC4C(=O)N(c5ccc(-c6nc7ccccc7o6)cc5)C(=O)C4C3CC3C(=O)N(c4ccccc4)C(=O)C32C)cc(OC)c1O. The van der Waals surface area contributed by atoms with Crippen molar-refractivity contribution in [1.29, 1.82) is 0 Å². The molecular formula is C42H35N3O8. The Bertz CT molecular complexity index is 2330. The summed E-state index contributed by atoms with van der Waals surface area (Å²) in [6, 6.07) is 26.6. The zero-order valence-corrected chi connectivity index (χ0v) is 29.2. The minimum Gasteiger partial charge on any atom is -0.502 e. The minimum absolute atomic E-state index is 0.146. The number of aromatic nitrogens is 1. The van der Waals surface area contributed by atoms with Gasteiger partial charge in [0.05, 0.1) is 48.8 Å². The predicted molar refractivity (Wildman–Crippen MR) is 194 cm³/mol. The zero-order chi connectivity index (χ0) is 36.8. The van der Waals surface area contributed by atoms with Gasteiger partial charge in [0.2, 0.25) is 35.3 Å². The van der Waals surface area contributed by atoms with Crippen LogP contribution in [0.4, 0.5) is 11.4 Å². The second-order valence-corrected chi connectivity index (χ2v) is 14.3. The fourth-order valence-electron chi connectivity index (χ4n) is 9.30. The Hall–Kier alpha value is -6.23. The largest absolute Gasteiger partial charge is 0.502 e. The van der Waals surface area contributed by atoms with E-state index in [9.17, 15) is 24.3 Å². The number of phenols is 1. The van der Waals surface area contributed by atoms with Gasteiger partial charge in [-0.1, -0.05) is 42.0 Å². The van der Waals surface area contributed by atoms with Gasteiger partial charge in [-0.15, -0.1) is 0 Å². The molecule has 2 aliphatic carbocycles. The molecule has 6 unspecified atom stereocenters. The number of carbonyl (C=O) groups excluding carboxylic acids is 4. The standard InChI is InChI=1S/C42H35N3O8/c1-42-29(39(48)45(41(42)50)24-9-5-4-6-10-24)21-28-26(35(42)23-19-32(51-2)36(46)33(20-23)52-3)17-18-27-34(28)40(49)44(38(27)47)25-15-13-22(14-16-25)37-43-30-11-7-8-12-31(30)53-37/h4-17,19-20,27-29,34-35,46H,18,21H2,1-3H3. The molecule has 1 saturated carbocycles. The second kappa shape index (κ2) is 11.9. The number of para-hydroxylation sites is 3. The molecule has 4 amide bonds. The fraction of sp³-hybridized carbons (Fsp3) is 0.262. The maximum atomic E-state index is 14.7. The summed E-state index contributed by atoms with van der Waals surface area (Å²) in [5.41, 5.74) is 3.13. The summed E-state index contributed by atoms with van der Waals surface area (Å²) in [6.07, 6.45) is 2.48. The summed E-state index contributed by atoms with van der Waals surface area (Å²) >= 11 is 0. The van der Waals surface area contributed by atoms with E-state index in [0.29, 0.717) is 34.0 Å². The molecule has 3 fully saturated rings. The molecule has 4 aromatic carbocycles. The lowest BCUT2D eigenvalue weighted by atomic mass is 9.51. The molecule has 2 aliphatic heterocycles. The Morgan fingerprint density at radius 2 is 1.45 bits per heavy atom. The van der Waals surface area contributed by atoms with Crippen LogP contribution in [0, 0.1) is 29.1 Å². The third kappa shape index (κ3) is 4.62. The van der Waals surface area contributed by atoms with Crippen LogP contribution in [0.5, 0.6) is 17.2 Å². The molecule has 1 aromatic heterocycles. The number of allylic oxidation sites excluding steroid dienone is 2. The van der Waals surface area contributed by atoms with Crippen LogP contribution in [0.3, 0.4) is 0 Å². The molecule has 53 heavy (non-hydrogen) atoms. The lowest BCUT2D eigenvalue weighted by Crippen LogP contribution is -2.48. The monoisotopic (exact) mass is 709 g/mol. The van der Waals surface area contributed by atoms with Crippen molar-refractivity contribution in [1.82, 2.24) is 4.98 Å². The van der Waals surface area contributed by atoms with Crippen LogP contribution in [0.2, 0.25) is 0 Å². The van der Waals surface area contributed by atoms with Gasteiger partial charge in [0.1, 0.15) is 5.52 Å². The lowest BCUT2D eigenvalue weighted by Gasteiger charge is -2.49. The summed E-state index contributed by atoms with van der Waals surface area (Å²) < 4.78 is 17.0. The number of aromatic hydroxyl groups is 1. The van der Waals surface area contributed by atoms with Gasteiger partial charge in [-0.2, -0.15) is 0 Å². The smallest absolute Gasteiger partial charge is 0.241 e. The van der Waals surface area contributed by atoms with Crippen LogP contribution in [0.1, 0.15) is 31.2 Å². The summed E-state index contributed by atoms with van der Waals surface area (Å²) in [6.45, 7) is 1.81. The van der Waals surface area contributed by atoms with Crippen LogP contribution in [-0.4, -0.2) is 47.9 Å². The Labute approximate surface area is 304 Å². The van der Waals surface area contributed by atoms with E-state index in [0.717, 1.165) is 11.1 Å². The highest BCUT2D eigenvalue weighted by atomic mass is 16.5. The van der Waals surface area contributed by atoms with E-state index in [1.807, 2.05) is 43.3 Å². The number of hydrogen-bond acceptors (Lipinski definition) is 9. The molecule has 11 nitrogen and oxygen atoms in total. The number of imide groups is 2. The highest BCUT2D eigenvalue weighted by molar-refractivity contribution is 6.25. The first-order chi connectivity index (χ1) is 25.6. The Balaban J connectivity index is 1.12. The zero-order valence-electron chi connectivity index (χ0n) is 29.2. The summed E-state index contributed by atoms with van der Waals surface area (Å²) in [7, 11) is 2.85. The average Bonchev–Trinajstić information content (AvgIpc) is 3.79. The van der Waals surface area contributed by atoms with Crippen molar-refractivity contribution < 1.29 is 38.2 Å². The van der Waals surface area contributed by atoms with Gasteiger partial charge in [0.25, 0.3) is 0 Å². The molecule has 0 bridgehead atoms. The van der Waals surface area contributed by atoms with Crippen molar-refractivity contribution >= 4 is 46.1 Å². The normalized spacial score (nSPS) is 26.4. The van der Waals surface area contributed by atoms with E-state index < -0.39 is 35.0 Å². The predicted octanol–water partition coefficient (Wildman–Crippen LogP) is 6.65. The molecule has 0 radical (unpaired) electrons. The van der Waals surface area contributed by atoms with Crippen LogP contribution in [-0.2, 0) is 19.2 Å². The van der Waals surface area contributed by atoms with E-state index in [2.05, 4.69) is 4.98 Å².